The lowest BCUT2D eigenvalue weighted by molar-refractivity contribution is -0.140. The van der Waals surface area contributed by atoms with Crippen LogP contribution < -0.4 is 5.73 Å². The first-order valence-corrected chi connectivity index (χ1v) is 7.94. The Morgan fingerprint density at radius 3 is 2.75 bits per heavy atom. The van der Waals surface area contributed by atoms with Crippen LogP contribution in [0.25, 0.3) is 0 Å². The third-order valence-electron chi connectivity index (χ3n) is 5.72. The zero-order valence-corrected chi connectivity index (χ0v) is 13.1. The highest BCUT2D eigenvalue weighted by molar-refractivity contribution is 5.69. The number of hydrogen-bond acceptors (Lipinski definition) is 3. The van der Waals surface area contributed by atoms with E-state index in [4.69, 9.17) is 5.73 Å². The van der Waals surface area contributed by atoms with Gasteiger partial charge in [-0.2, -0.15) is 0 Å². The molecular formula is C17H29NO2. The molecule has 0 heterocycles. The summed E-state index contributed by atoms with van der Waals surface area (Å²) in [6.45, 7) is 4.82. The first-order valence-electron chi connectivity index (χ1n) is 7.94. The number of unbranched alkanes of at least 4 members (excludes halogenated alkanes) is 1. The highest BCUT2D eigenvalue weighted by Gasteiger charge is 2.56. The van der Waals surface area contributed by atoms with E-state index in [1.165, 1.54) is 20.0 Å². The maximum atomic E-state index is 11.0. The Hall–Kier alpha value is -0.830. The van der Waals surface area contributed by atoms with E-state index in [0.717, 1.165) is 31.1 Å². The van der Waals surface area contributed by atoms with Crippen LogP contribution in [0.1, 0.15) is 52.4 Å². The molecule has 3 heteroatoms. The highest BCUT2D eigenvalue weighted by atomic mass is 16.5. The van der Waals surface area contributed by atoms with Gasteiger partial charge in [-0.3, -0.25) is 4.79 Å². The minimum absolute atomic E-state index is 0.116. The Balaban J connectivity index is 1.72. The van der Waals surface area contributed by atoms with Gasteiger partial charge in [-0.25, -0.2) is 0 Å². The van der Waals surface area contributed by atoms with Gasteiger partial charge < -0.3 is 10.5 Å². The first kappa shape index (κ1) is 15.6. The van der Waals surface area contributed by atoms with E-state index in [-0.39, 0.29) is 5.97 Å². The van der Waals surface area contributed by atoms with Crippen LogP contribution in [0.2, 0.25) is 0 Å². The van der Waals surface area contributed by atoms with Gasteiger partial charge in [0.25, 0.3) is 0 Å². The van der Waals surface area contributed by atoms with Gasteiger partial charge in [0.2, 0.25) is 0 Å². The fraction of sp³-hybridized carbons (Fsp3) is 0.824. The summed E-state index contributed by atoms with van der Waals surface area (Å²) in [5.41, 5.74) is 6.82. The molecule has 3 saturated carbocycles. The van der Waals surface area contributed by atoms with Crippen molar-refractivity contribution in [3.63, 3.8) is 0 Å². The molecule has 0 unspecified atom stereocenters. The van der Waals surface area contributed by atoms with E-state index < -0.39 is 0 Å². The van der Waals surface area contributed by atoms with Gasteiger partial charge in [-0.1, -0.05) is 26.0 Å². The van der Waals surface area contributed by atoms with Crippen LogP contribution in [0.4, 0.5) is 0 Å². The van der Waals surface area contributed by atoms with Crippen molar-refractivity contribution >= 4 is 5.97 Å². The van der Waals surface area contributed by atoms with Crippen molar-refractivity contribution in [3.05, 3.63) is 12.2 Å². The van der Waals surface area contributed by atoms with E-state index >= 15 is 0 Å². The van der Waals surface area contributed by atoms with E-state index in [9.17, 15) is 4.79 Å². The molecule has 0 spiro atoms. The van der Waals surface area contributed by atoms with Crippen LogP contribution in [0, 0.1) is 23.2 Å². The van der Waals surface area contributed by atoms with Gasteiger partial charge in [-0.15, -0.1) is 0 Å². The second-order valence-electron chi connectivity index (χ2n) is 7.10. The molecule has 0 aromatic heterocycles. The number of carbonyl (C=O) groups excluding carboxylic acids is 1. The van der Waals surface area contributed by atoms with Crippen molar-refractivity contribution < 1.29 is 9.53 Å². The van der Waals surface area contributed by atoms with Crippen LogP contribution in [0.5, 0.6) is 0 Å². The Morgan fingerprint density at radius 2 is 2.10 bits per heavy atom. The quantitative estimate of drug-likeness (QED) is 0.461. The molecule has 2 N–H and O–H groups in total. The van der Waals surface area contributed by atoms with Crippen LogP contribution in [-0.2, 0) is 9.53 Å². The van der Waals surface area contributed by atoms with Crippen LogP contribution in [0.15, 0.2) is 12.2 Å². The molecule has 3 aliphatic rings. The topological polar surface area (TPSA) is 52.3 Å². The second-order valence-corrected chi connectivity index (χ2v) is 7.10. The summed E-state index contributed by atoms with van der Waals surface area (Å²) in [6, 6.07) is 0.381. The molecule has 20 heavy (non-hydrogen) atoms. The summed E-state index contributed by atoms with van der Waals surface area (Å²) in [7, 11) is 1.44. The Morgan fingerprint density at radius 1 is 1.35 bits per heavy atom. The van der Waals surface area contributed by atoms with Crippen LogP contribution in [-0.4, -0.2) is 19.1 Å². The van der Waals surface area contributed by atoms with Gasteiger partial charge >= 0.3 is 5.97 Å². The molecular weight excluding hydrogens is 250 g/mol. The second kappa shape index (κ2) is 6.30. The van der Waals surface area contributed by atoms with E-state index in [1.807, 2.05) is 0 Å². The largest absolute Gasteiger partial charge is 0.469 e. The molecule has 0 aromatic rings. The standard InChI is InChI=1S/C17H29NO2/c1-17(2)12-10-14(17)13(15(18)11-12)8-6-4-5-7-9-16(19)20-3/h4,6,12-15H,5,7-11,18H2,1-3H3/t12-,13+,14+,15+/m1/s1. The van der Waals surface area contributed by atoms with E-state index in [2.05, 4.69) is 30.7 Å². The third kappa shape index (κ3) is 3.08. The van der Waals surface area contributed by atoms with Crippen molar-refractivity contribution in [1.29, 1.82) is 0 Å². The highest BCUT2D eigenvalue weighted by Crippen LogP contribution is 2.61. The maximum absolute atomic E-state index is 11.0. The Kier molecular flexibility index (Phi) is 4.90. The summed E-state index contributed by atoms with van der Waals surface area (Å²) in [4.78, 5) is 11.0. The summed E-state index contributed by atoms with van der Waals surface area (Å²) in [5.74, 6) is 2.18. The predicted molar refractivity (Wildman–Crippen MR) is 81.1 cm³/mol. The molecule has 0 amide bonds. The van der Waals surface area contributed by atoms with Crippen molar-refractivity contribution in [2.75, 3.05) is 7.11 Å². The molecule has 114 valence electrons. The molecule has 3 aliphatic carbocycles. The fourth-order valence-electron chi connectivity index (χ4n) is 4.16. The van der Waals surface area contributed by atoms with E-state index in [0.29, 0.717) is 23.8 Å². The summed E-state index contributed by atoms with van der Waals surface area (Å²) < 4.78 is 4.63. The number of rotatable bonds is 6. The van der Waals surface area contributed by atoms with Crippen molar-refractivity contribution in [1.82, 2.24) is 0 Å². The van der Waals surface area contributed by atoms with Crippen molar-refractivity contribution in [3.8, 4) is 0 Å². The number of fused-ring (bicyclic) bond motifs is 2. The monoisotopic (exact) mass is 279 g/mol. The summed E-state index contributed by atoms with van der Waals surface area (Å²) >= 11 is 0. The van der Waals surface area contributed by atoms with Gasteiger partial charge in [-0.05, 0) is 55.3 Å². The molecule has 3 rings (SSSR count). The molecule has 0 saturated heterocycles. The molecule has 0 aliphatic heterocycles. The Labute approximate surface area is 122 Å². The number of ether oxygens (including phenoxy) is 1. The maximum Gasteiger partial charge on any atom is 0.305 e. The number of hydrogen-bond donors (Lipinski definition) is 1. The summed E-state index contributed by atoms with van der Waals surface area (Å²) in [6.07, 6.45) is 10.5. The van der Waals surface area contributed by atoms with Gasteiger partial charge in [0.1, 0.15) is 0 Å². The minimum Gasteiger partial charge on any atom is -0.469 e. The molecule has 4 atom stereocenters. The smallest absolute Gasteiger partial charge is 0.305 e. The van der Waals surface area contributed by atoms with Gasteiger partial charge in [0.15, 0.2) is 0 Å². The van der Waals surface area contributed by atoms with Gasteiger partial charge in [0.05, 0.1) is 7.11 Å². The third-order valence-corrected chi connectivity index (χ3v) is 5.72. The zero-order valence-electron chi connectivity index (χ0n) is 13.1. The average molecular weight is 279 g/mol. The number of methoxy groups -OCH3 is 1. The minimum atomic E-state index is -0.116. The number of esters is 1. The molecule has 2 bridgehead atoms. The molecule has 3 fully saturated rings. The van der Waals surface area contributed by atoms with Crippen molar-refractivity contribution in [2.45, 2.75) is 58.4 Å². The fourth-order valence-corrected chi connectivity index (χ4v) is 4.16. The number of nitrogens with two attached hydrogens (primary N) is 1. The normalized spacial score (nSPS) is 34.8. The lowest BCUT2D eigenvalue weighted by Gasteiger charge is -2.62. The predicted octanol–water partition coefficient (Wildman–Crippen LogP) is 3.29. The molecule has 0 aromatic carbocycles. The Bertz CT molecular complexity index is 375. The SMILES string of the molecule is COC(=O)CCCC=CC[C@@H]1[C@@H](N)C[C@H]2C[C@@H]1C2(C)C. The average Bonchev–Trinajstić information content (AvgIpc) is 2.43. The van der Waals surface area contributed by atoms with Gasteiger partial charge in [0, 0.05) is 12.5 Å². The van der Waals surface area contributed by atoms with Crippen LogP contribution in [0.3, 0.4) is 0 Å². The van der Waals surface area contributed by atoms with E-state index in [1.54, 1.807) is 0 Å². The zero-order chi connectivity index (χ0) is 14.8. The van der Waals surface area contributed by atoms with Crippen molar-refractivity contribution in [2.24, 2.45) is 28.9 Å². The first-order chi connectivity index (χ1) is 9.46. The molecule has 0 radical (unpaired) electrons. The van der Waals surface area contributed by atoms with Crippen LogP contribution >= 0.6 is 0 Å². The lowest BCUT2D eigenvalue weighted by atomic mass is 9.44. The summed E-state index contributed by atoms with van der Waals surface area (Å²) in [5, 5.41) is 0. The molecule has 3 nitrogen and oxygen atoms in total. The number of carbonyl (C=O) groups is 1. The lowest BCUT2D eigenvalue weighted by Crippen LogP contribution is -2.59. The number of allylic oxidation sites excluding steroid dienone is 2.